The van der Waals surface area contributed by atoms with Gasteiger partial charge < -0.3 is 10.6 Å². The van der Waals surface area contributed by atoms with Crippen molar-refractivity contribution in [1.82, 2.24) is 5.32 Å². The van der Waals surface area contributed by atoms with Gasteiger partial charge in [-0.3, -0.25) is 14.9 Å². The molecule has 0 radical (unpaired) electrons. The molecule has 0 heterocycles. The van der Waals surface area contributed by atoms with Crippen LogP contribution < -0.4 is 10.6 Å². The van der Waals surface area contributed by atoms with Crippen LogP contribution >= 0.6 is 0 Å². The number of nitro benzene ring substituents is 1. The second kappa shape index (κ2) is 6.02. The van der Waals surface area contributed by atoms with Gasteiger partial charge in [0.25, 0.3) is 5.69 Å². The molecule has 0 unspecified atom stereocenters. The first-order chi connectivity index (χ1) is 9.31. The molecule has 7 nitrogen and oxygen atoms in total. The molecule has 0 aliphatic heterocycles. The lowest BCUT2D eigenvalue weighted by molar-refractivity contribution is -0.384. The van der Waals surface area contributed by atoms with Crippen LogP contribution in [0.5, 0.6) is 0 Å². The van der Waals surface area contributed by atoms with Crippen LogP contribution in [0.25, 0.3) is 0 Å². The largest absolute Gasteiger partial charge is 0.378 e. The monoisotopic (exact) mass is 276 g/mol. The lowest BCUT2D eigenvalue weighted by Crippen LogP contribution is -2.39. The van der Waals surface area contributed by atoms with E-state index in [2.05, 4.69) is 10.6 Å². The molecule has 7 heteroatoms. The Morgan fingerprint density at radius 2 is 2.15 bits per heavy atom. The number of nitrogens with one attached hydrogen (secondary N) is 2. The Labute approximate surface area is 116 Å². The lowest BCUT2D eigenvalue weighted by atomic mass is 9.92. The van der Waals surface area contributed by atoms with E-state index in [0.717, 1.165) is 0 Å². The summed E-state index contributed by atoms with van der Waals surface area (Å²) in [5, 5.41) is 25.2. The van der Waals surface area contributed by atoms with Crippen molar-refractivity contribution in [2.45, 2.75) is 13.8 Å². The van der Waals surface area contributed by atoms with Crippen molar-refractivity contribution in [3.05, 3.63) is 33.9 Å². The zero-order chi connectivity index (χ0) is 15.3. The van der Waals surface area contributed by atoms with Crippen LogP contribution in [0.2, 0.25) is 0 Å². The quantitative estimate of drug-likeness (QED) is 0.628. The van der Waals surface area contributed by atoms with E-state index in [1.165, 1.54) is 25.2 Å². The molecule has 0 atom stereocenters. The van der Waals surface area contributed by atoms with Gasteiger partial charge in [0.1, 0.15) is 5.69 Å². The second-order valence-electron chi connectivity index (χ2n) is 4.92. The zero-order valence-electron chi connectivity index (χ0n) is 11.6. The summed E-state index contributed by atoms with van der Waals surface area (Å²) in [5.41, 5.74) is -0.316. The first-order valence-electron chi connectivity index (χ1n) is 5.96. The molecule has 0 spiro atoms. The fraction of sp³-hybridized carbons (Fsp3) is 0.385. The number of rotatable bonds is 5. The topological polar surface area (TPSA) is 108 Å². The molecule has 0 saturated carbocycles. The molecular weight excluding hydrogens is 260 g/mol. The van der Waals surface area contributed by atoms with Crippen molar-refractivity contribution in [2.75, 3.05) is 18.9 Å². The SMILES string of the molecule is CNC(=O)C(C)(C)CNc1cc(C#N)ccc1[N+](=O)[O-]. The van der Waals surface area contributed by atoms with Gasteiger partial charge in [-0.15, -0.1) is 0 Å². The summed E-state index contributed by atoms with van der Waals surface area (Å²) in [4.78, 5) is 22.1. The highest BCUT2D eigenvalue weighted by Gasteiger charge is 2.27. The normalized spacial score (nSPS) is 10.5. The van der Waals surface area contributed by atoms with E-state index in [1.807, 2.05) is 6.07 Å². The number of nitro groups is 1. The number of anilines is 1. The fourth-order valence-corrected chi connectivity index (χ4v) is 1.64. The molecule has 0 aromatic heterocycles. The number of hydrogen-bond donors (Lipinski definition) is 2. The molecule has 1 amide bonds. The van der Waals surface area contributed by atoms with E-state index in [-0.39, 0.29) is 23.8 Å². The first kappa shape index (κ1) is 15.4. The van der Waals surface area contributed by atoms with Crippen molar-refractivity contribution >= 4 is 17.3 Å². The summed E-state index contributed by atoms with van der Waals surface area (Å²) >= 11 is 0. The Morgan fingerprint density at radius 3 is 2.65 bits per heavy atom. The molecule has 1 aromatic carbocycles. The summed E-state index contributed by atoms with van der Waals surface area (Å²) in [6.45, 7) is 3.65. The maximum Gasteiger partial charge on any atom is 0.292 e. The molecule has 0 fully saturated rings. The number of nitriles is 1. The average molecular weight is 276 g/mol. The van der Waals surface area contributed by atoms with Gasteiger partial charge in [0.05, 0.1) is 22.0 Å². The van der Waals surface area contributed by atoms with Gasteiger partial charge in [-0.25, -0.2) is 0 Å². The van der Waals surface area contributed by atoms with Crippen LogP contribution in [-0.2, 0) is 4.79 Å². The average Bonchev–Trinajstić information content (AvgIpc) is 2.43. The minimum atomic E-state index is -0.731. The molecule has 0 bridgehead atoms. The highest BCUT2D eigenvalue weighted by molar-refractivity contribution is 5.82. The Balaban J connectivity index is 3.00. The lowest BCUT2D eigenvalue weighted by Gasteiger charge is -2.23. The van der Waals surface area contributed by atoms with Crippen molar-refractivity contribution in [1.29, 1.82) is 5.26 Å². The number of benzene rings is 1. The van der Waals surface area contributed by atoms with Gasteiger partial charge in [-0.2, -0.15) is 5.26 Å². The standard InChI is InChI=1S/C13H16N4O3/c1-13(2,12(18)15-3)8-16-10-6-9(7-14)4-5-11(10)17(19)20/h4-6,16H,8H2,1-3H3,(H,15,18). The number of carbonyl (C=O) groups is 1. The molecule has 1 aromatic rings. The van der Waals surface area contributed by atoms with Gasteiger partial charge in [0.2, 0.25) is 5.91 Å². The molecular formula is C13H16N4O3. The van der Waals surface area contributed by atoms with Crippen LogP contribution in [0, 0.1) is 26.9 Å². The fourth-order valence-electron chi connectivity index (χ4n) is 1.64. The minimum Gasteiger partial charge on any atom is -0.378 e. The van der Waals surface area contributed by atoms with E-state index < -0.39 is 10.3 Å². The highest BCUT2D eigenvalue weighted by Crippen LogP contribution is 2.27. The second-order valence-corrected chi connectivity index (χ2v) is 4.92. The van der Waals surface area contributed by atoms with Gasteiger partial charge in [0.15, 0.2) is 0 Å². The van der Waals surface area contributed by atoms with E-state index in [4.69, 9.17) is 5.26 Å². The summed E-state index contributed by atoms with van der Waals surface area (Å²) in [6, 6.07) is 5.98. The molecule has 20 heavy (non-hydrogen) atoms. The van der Waals surface area contributed by atoms with E-state index in [1.54, 1.807) is 13.8 Å². The Hall–Kier alpha value is -2.62. The van der Waals surface area contributed by atoms with Crippen molar-refractivity contribution < 1.29 is 9.72 Å². The predicted molar refractivity (Wildman–Crippen MR) is 74.1 cm³/mol. The van der Waals surface area contributed by atoms with Crippen LogP contribution in [0.15, 0.2) is 18.2 Å². The number of hydrogen-bond acceptors (Lipinski definition) is 5. The van der Waals surface area contributed by atoms with Gasteiger partial charge >= 0.3 is 0 Å². The van der Waals surface area contributed by atoms with Crippen molar-refractivity contribution in [3.63, 3.8) is 0 Å². The molecule has 106 valence electrons. The third kappa shape index (κ3) is 3.45. The first-order valence-corrected chi connectivity index (χ1v) is 5.96. The minimum absolute atomic E-state index is 0.128. The Morgan fingerprint density at radius 1 is 1.50 bits per heavy atom. The third-order valence-electron chi connectivity index (χ3n) is 2.88. The number of amides is 1. The van der Waals surface area contributed by atoms with Gasteiger partial charge in [0, 0.05) is 19.7 Å². The smallest absolute Gasteiger partial charge is 0.292 e. The molecule has 0 saturated heterocycles. The zero-order valence-corrected chi connectivity index (χ0v) is 11.6. The summed E-state index contributed by atoms with van der Waals surface area (Å²) in [7, 11) is 1.53. The maximum atomic E-state index is 11.7. The predicted octanol–water partition coefficient (Wildman–Crippen LogP) is 1.65. The third-order valence-corrected chi connectivity index (χ3v) is 2.88. The van der Waals surface area contributed by atoms with Gasteiger partial charge in [-0.05, 0) is 26.0 Å². The molecule has 0 aliphatic carbocycles. The Bertz CT molecular complexity index is 575. The van der Waals surface area contributed by atoms with E-state index >= 15 is 0 Å². The van der Waals surface area contributed by atoms with E-state index in [0.29, 0.717) is 5.56 Å². The molecule has 1 rings (SSSR count). The summed E-state index contributed by atoms with van der Waals surface area (Å²) < 4.78 is 0. The van der Waals surface area contributed by atoms with E-state index in [9.17, 15) is 14.9 Å². The summed E-state index contributed by atoms with van der Waals surface area (Å²) in [5.74, 6) is -0.177. The number of nitrogens with zero attached hydrogens (tertiary/aromatic N) is 2. The van der Waals surface area contributed by atoms with Crippen LogP contribution in [0.1, 0.15) is 19.4 Å². The van der Waals surface area contributed by atoms with Crippen molar-refractivity contribution in [2.24, 2.45) is 5.41 Å². The van der Waals surface area contributed by atoms with Crippen molar-refractivity contribution in [3.8, 4) is 6.07 Å². The molecule has 2 N–H and O–H groups in total. The molecule has 0 aliphatic rings. The maximum absolute atomic E-state index is 11.7. The van der Waals surface area contributed by atoms with Gasteiger partial charge in [-0.1, -0.05) is 0 Å². The Kier molecular flexibility index (Phi) is 4.64. The summed E-state index contributed by atoms with van der Waals surface area (Å²) in [6.07, 6.45) is 0. The van der Waals surface area contributed by atoms with Crippen LogP contribution in [0.4, 0.5) is 11.4 Å². The number of carbonyl (C=O) groups excluding carboxylic acids is 1. The van der Waals surface area contributed by atoms with Crippen LogP contribution in [0.3, 0.4) is 0 Å². The highest BCUT2D eigenvalue weighted by atomic mass is 16.6. The van der Waals surface area contributed by atoms with Crippen LogP contribution in [-0.4, -0.2) is 24.4 Å².